The van der Waals surface area contributed by atoms with Crippen LogP contribution >= 0.6 is 0 Å². The second-order valence-electron chi connectivity index (χ2n) is 7.60. The van der Waals surface area contributed by atoms with Crippen molar-refractivity contribution in [1.29, 1.82) is 0 Å². The molecule has 3 aromatic rings. The van der Waals surface area contributed by atoms with Gasteiger partial charge in [0.05, 0.1) is 23.8 Å². The summed E-state index contributed by atoms with van der Waals surface area (Å²) < 4.78 is 13.7. The van der Waals surface area contributed by atoms with Gasteiger partial charge in [0.25, 0.3) is 0 Å². The molecule has 8 heteroatoms. The Bertz CT molecular complexity index is 1140. The van der Waals surface area contributed by atoms with Gasteiger partial charge in [-0.3, -0.25) is 4.57 Å². The fourth-order valence-electron chi connectivity index (χ4n) is 3.85. The SMILES string of the molecule is COCCc1ccc(Oc2cc3c(cn2)n(C)c(=O)n3C(=O)N2CCCC2)cc1C. The van der Waals surface area contributed by atoms with Gasteiger partial charge in [-0.2, -0.15) is 0 Å². The number of amides is 1. The van der Waals surface area contributed by atoms with Crippen LogP contribution in [0.3, 0.4) is 0 Å². The molecule has 0 bridgehead atoms. The van der Waals surface area contributed by atoms with Gasteiger partial charge in [-0.15, -0.1) is 0 Å². The number of rotatable bonds is 5. The Morgan fingerprint density at radius 1 is 1.17 bits per heavy atom. The summed E-state index contributed by atoms with van der Waals surface area (Å²) in [5, 5.41) is 0. The maximum absolute atomic E-state index is 12.9. The average Bonchev–Trinajstić information content (AvgIpc) is 3.35. The van der Waals surface area contributed by atoms with Crippen molar-refractivity contribution < 1.29 is 14.3 Å². The number of benzene rings is 1. The van der Waals surface area contributed by atoms with Crippen LogP contribution in [0.15, 0.2) is 35.3 Å². The molecule has 1 aromatic carbocycles. The third-order valence-corrected chi connectivity index (χ3v) is 5.60. The van der Waals surface area contributed by atoms with Crippen molar-refractivity contribution in [2.24, 2.45) is 7.05 Å². The van der Waals surface area contributed by atoms with E-state index in [0.29, 0.717) is 42.4 Å². The molecule has 1 aliphatic heterocycles. The Labute approximate surface area is 174 Å². The Hall–Kier alpha value is -3.13. The molecule has 1 aliphatic rings. The normalized spacial score (nSPS) is 13.9. The van der Waals surface area contributed by atoms with E-state index in [2.05, 4.69) is 4.98 Å². The number of likely N-dealkylation sites (tertiary alicyclic amines) is 1. The van der Waals surface area contributed by atoms with Crippen molar-refractivity contribution in [3.63, 3.8) is 0 Å². The Balaban J connectivity index is 1.66. The van der Waals surface area contributed by atoms with E-state index in [9.17, 15) is 9.59 Å². The number of carbonyl (C=O) groups excluding carboxylic acids is 1. The van der Waals surface area contributed by atoms with E-state index in [-0.39, 0.29) is 11.7 Å². The van der Waals surface area contributed by atoms with E-state index in [0.717, 1.165) is 24.8 Å². The lowest BCUT2D eigenvalue weighted by molar-refractivity contribution is 0.202. The summed E-state index contributed by atoms with van der Waals surface area (Å²) in [7, 11) is 3.33. The van der Waals surface area contributed by atoms with E-state index >= 15 is 0 Å². The first-order chi connectivity index (χ1) is 14.5. The van der Waals surface area contributed by atoms with Crippen molar-refractivity contribution >= 4 is 17.1 Å². The number of carbonyl (C=O) groups is 1. The molecule has 0 N–H and O–H groups in total. The number of hydrogen-bond donors (Lipinski definition) is 0. The maximum atomic E-state index is 12.9. The summed E-state index contributed by atoms with van der Waals surface area (Å²) in [5.74, 6) is 0.983. The lowest BCUT2D eigenvalue weighted by atomic mass is 10.1. The van der Waals surface area contributed by atoms with Crippen LogP contribution < -0.4 is 10.4 Å². The van der Waals surface area contributed by atoms with Crippen LogP contribution in [0.1, 0.15) is 24.0 Å². The van der Waals surface area contributed by atoms with Crippen LogP contribution in [-0.2, 0) is 18.2 Å². The smallest absolute Gasteiger partial charge is 0.337 e. The van der Waals surface area contributed by atoms with E-state index in [1.807, 2.05) is 25.1 Å². The third-order valence-electron chi connectivity index (χ3n) is 5.60. The number of nitrogens with zero attached hydrogens (tertiary/aromatic N) is 4. The molecule has 4 rings (SSSR count). The molecule has 1 amide bonds. The molecule has 1 saturated heterocycles. The first-order valence-corrected chi connectivity index (χ1v) is 10.1. The second kappa shape index (κ2) is 8.31. The Morgan fingerprint density at radius 3 is 2.63 bits per heavy atom. The molecule has 0 spiro atoms. The van der Waals surface area contributed by atoms with Crippen LogP contribution in [0.2, 0.25) is 0 Å². The number of hydrogen-bond acceptors (Lipinski definition) is 5. The zero-order chi connectivity index (χ0) is 21.3. The number of ether oxygens (including phenoxy) is 2. The van der Waals surface area contributed by atoms with E-state index < -0.39 is 0 Å². The fraction of sp³-hybridized carbons (Fsp3) is 0.409. The third kappa shape index (κ3) is 3.70. The van der Waals surface area contributed by atoms with Gasteiger partial charge in [0.15, 0.2) is 0 Å². The summed E-state index contributed by atoms with van der Waals surface area (Å²) in [6, 6.07) is 7.21. The van der Waals surface area contributed by atoms with E-state index in [1.165, 1.54) is 14.7 Å². The quantitative estimate of drug-likeness (QED) is 0.646. The summed E-state index contributed by atoms with van der Waals surface area (Å²) in [6.07, 6.45) is 4.32. The first kappa shape index (κ1) is 20.2. The predicted molar refractivity (Wildman–Crippen MR) is 113 cm³/mol. The van der Waals surface area contributed by atoms with E-state index in [1.54, 1.807) is 31.3 Å². The maximum Gasteiger partial charge on any atom is 0.337 e. The first-order valence-electron chi connectivity index (χ1n) is 10.1. The highest BCUT2D eigenvalue weighted by atomic mass is 16.5. The second-order valence-corrected chi connectivity index (χ2v) is 7.60. The summed E-state index contributed by atoms with van der Waals surface area (Å²) in [5.41, 5.74) is 3.01. The monoisotopic (exact) mass is 410 g/mol. The van der Waals surface area contributed by atoms with Crippen molar-refractivity contribution in [3.05, 3.63) is 52.1 Å². The summed E-state index contributed by atoms with van der Waals surface area (Å²) in [6.45, 7) is 4.03. The van der Waals surface area contributed by atoms with Gasteiger partial charge in [-0.1, -0.05) is 6.07 Å². The van der Waals surface area contributed by atoms with Crippen molar-refractivity contribution in [3.8, 4) is 11.6 Å². The molecule has 1 fully saturated rings. The van der Waals surface area contributed by atoms with Crippen LogP contribution in [0, 0.1) is 6.92 Å². The number of methoxy groups -OCH3 is 1. The zero-order valence-corrected chi connectivity index (χ0v) is 17.6. The molecule has 3 heterocycles. The number of imidazole rings is 1. The van der Waals surface area contributed by atoms with Gasteiger partial charge >= 0.3 is 11.7 Å². The molecule has 8 nitrogen and oxygen atoms in total. The highest BCUT2D eigenvalue weighted by molar-refractivity contribution is 5.89. The molecule has 0 saturated carbocycles. The highest BCUT2D eigenvalue weighted by Crippen LogP contribution is 2.25. The highest BCUT2D eigenvalue weighted by Gasteiger charge is 2.25. The lowest BCUT2D eigenvalue weighted by Gasteiger charge is -2.15. The van der Waals surface area contributed by atoms with E-state index in [4.69, 9.17) is 9.47 Å². The van der Waals surface area contributed by atoms with Gasteiger partial charge in [-0.25, -0.2) is 19.1 Å². The molecule has 0 aliphatic carbocycles. The van der Waals surface area contributed by atoms with Crippen molar-refractivity contribution in [2.75, 3.05) is 26.8 Å². The standard InChI is InChI=1S/C22H26N4O4/c1-15-12-17(7-6-16(15)8-11-29-3)30-20-13-18-19(14-23-20)24(2)21(27)26(18)22(28)25-9-4-5-10-25/h6-7,12-14H,4-5,8-11H2,1-3H3. The lowest BCUT2D eigenvalue weighted by Crippen LogP contribution is -2.38. The predicted octanol–water partition coefficient (Wildman–Crippen LogP) is 3.09. The number of aryl methyl sites for hydroxylation is 2. The molecule has 2 aromatic heterocycles. The van der Waals surface area contributed by atoms with Crippen LogP contribution in [0.4, 0.5) is 4.79 Å². The minimum atomic E-state index is -0.376. The molecular weight excluding hydrogens is 384 g/mol. The van der Waals surface area contributed by atoms with Gasteiger partial charge in [0.1, 0.15) is 5.75 Å². The van der Waals surface area contributed by atoms with Gasteiger partial charge in [-0.05, 0) is 49.4 Å². The van der Waals surface area contributed by atoms with Crippen LogP contribution in [0.25, 0.3) is 11.0 Å². The molecule has 30 heavy (non-hydrogen) atoms. The Kier molecular flexibility index (Phi) is 5.59. The minimum Gasteiger partial charge on any atom is -0.439 e. The molecule has 0 atom stereocenters. The average molecular weight is 410 g/mol. The van der Waals surface area contributed by atoms with Gasteiger partial charge in [0.2, 0.25) is 5.88 Å². The Morgan fingerprint density at radius 2 is 1.93 bits per heavy atom. The fourth-order valence-corrected chi connectivity index (χ4v) is 3.85. The van der Waals surface area contributed by atoms with Crippen LogP contribution in [0.5, 0.6) is 11.6 Å². The summed E-state index contributed by atoms with van der Waals surface area (Å²) >= 11 is 0. The van der Waals surface area contributed by atoms with Crippen molar-refractivity contribution in [2.45, 2.75) is 26.2 Å². The molecule has 158 valence electrons. The van der Waals surface area contributed by atoms with Gasteiger partial charge in [0, 0.05) is 33.3 Å². The summed E-state index contributed by atoms with van der Waals surface area (Å²) in [4.78, 5) is 31.7. The molecule has 0 unspecified atom stereocenters. The largest absolute Gasteiger partial charge is 0.439 e. The van der Waals surface area contributed by atoms with Crippen LogP contribution in [-0.4, -0.2) is 51.9 Å². The number of pyridine rings is 1. The minimum absolute atomic E-state index is 0.293. The van der Waals surface area contributed by atoms with Gasteiger partial charge < -0.3 is 14.4 Å². The number of aromatic nitrogens is 3. The molecular formula is C22H26N4O4. The van der Waals surface area contributed by atoms with Crippen molar-refractivity contribution in [1.82, 2.24) is 19.0 Å². The zero-order valence-electron chi connectivity index (χ0n) is 17.6. The molecule has 0 radical (unpaired) electrons. The number of fused-ring (bicyclic) bond motifs is 1. The topological polar surface area (TPSA) is 78.6 Å².